The second-order valence-corrected chi connectivity index (χ2v) is 30.0. The molecule has 117 heavy (non-hydrogen) atoms. The molecule has 646 valence electrons. The van der Waals surface area contributed by atoms with Gasteiger partial charge in [0.25, 0.3) is 0 Å². The van der Waals surface area contributed by atoms with Crippen molar-refractivity contribution in [2.75, 3.05) is 45.0 Å². The Hall–Kier alpha value is -11.8. The average molecular weight is 1670 g/mol. The second kappa shape index (κ2) is 51.2. The van der Waals surface area contributed by atoms with Gasteiger partial charge in [-0.2, -0.15) is 11.8 Å². The molecule has 0 unspecified atom stereocenters. The molecule has 0 radical (unpaired) electrons. The van der Waals surface area contributed by atoms with Crippen LogP contribution in [0.4, 0.5) is 4.79 Å². The molecule has 2 aromatic rings. The van der Waals surface area contributed by atoms with E-state index >= 15 is 0 Å². The van der Waals surface area contributed by atoms with Gasteiger partial charge in [-0.25, -0.2) is 4.79 Å². The van der Waals surface area contributed by atoms with Crippen LogP contribution < -0.4 is 108 Å². The summed E-state index contributed by atoms with van der Waals surface area (Å²) in [6.07, 6.45) is -1.34. The molecule has 2 saturated heterocycles. The quantitative estimate of drug-likeness (QED) is 0.0216. The van der Waals surface area contributed by atoms with Crippen molar-refractivity contribution in [3.8, 4) is 5.75 Å². The number of nitrogens with one attached hydrogen (secondary N) is 16. The molecule has 2 heterocycles. The molecular weight excluding hydrogens is 1550 g/mol. The summed E-state index contributed by atoms with van der Waals surface area (Å²) < 4.78 is 0. The third-order valence-corrected chi connectivity index (χ3v) is 19.9. The third-order valence-electron chi connectivity index (χ3n) is 18.4. The number of rotatable bonds is 55. The second-order valence-electron chi connectivity index (χ2n) is 28.7. The van der Waals surface area contributed by atoms with Gasteiger partial charge >= 0.3 is 12.0 Å². The fraction of sp³-hybridized carbons (Fsp3) is 0.581. The molecule has 42 nitrogen and oxygen atoms in total. The van der Waals surface area contributed by atoms with Crippen molar-refractivity contribution in [3.63, 3.8) is 0 Å². The van der Waals surface area contributed by atoms with Gasteiger partial charge in [0, 0.05) is 56.6 Å². The van der Waals surface area contributed by atoms with Crippen LogP contribution in [0.25, 0.3) is 0 Å². The van der Waals surface area contributed by atoms with Crippen LogP contribution in [0.3, 0.4) is 0 Å². The van der Waals surface area contributed by atoms with Gasteiger partial charge in [0.2, 0.25) is 100 Å². The first-order valence-corrected chi connectivity index (χ1v) is 39.5. The maximum Gasteiger partial charge on any atom is 0.315 e. The van der Waals surface area contributed by atoms with Crippen LogP contribution in [0.2, 0.25) is 0 Å². The fourth-order valence-corrected chi connectivity index (χ4v) is 13.8. The fourth-order valence-electron chi connectivity index (χ4n) is 12.3. The van der Waals surface area contributed by atoms with Crippen molar-refractivity contribution in [1.29, 1.82) is 0 Å². The van der Waals surface area contributed by atoms with Gasteiger partial charge in [-0.3, -0.25) is 86.3 Å². The van der Waals surface area contributed by atoms with Gasteiger partial charge in [-0.15, -0.1) is 0 Å². The van der Waals surface area contributed by atoms with Crippen LogP contribution >= 0.6 is 11.8 Å². The van der Waals surface area contributed by atoms with Gasteiger partial charge in [-0.05, 0) is 113 Å². The Balaban J connectivity index is 1.43. The van der Waals surface area contributed by atoms with Gasteiger partial charge in [0.05, 0.1) is 50.8 Å². The molecule has 27 N–H and O–H groups in total. The highest BCUT2D eigenvalue weighted by molar-refractivity contribution is 8.00. The minimum atomic E-state index is -2.00. The summed E-state index contributed by atoms with van der Waals surface area (Å²) in [6, 6.07) is -1.06. The van der Waals surface area contributed by atoms with Crippen molar-refractivity contribution in [2.45, 2.75) is 221 Å². The van der Waals surface area contributed by atoms with E-state index in [9.17, 15) is 106 Å². The minimum Gasteiger partial charge on any atom is -0.508 e. The number of carbonyl (C=O) groups excluding carboxylic acids is 18. The number of amides is 19. The van der Waals surface area contributed by atoms with E-state index in [0.717, 1.165) is 25.5 Å². The summed E-state index contributed by atoms with van der Waals surface area (Å²) in [5, 5.41) is 70.3. The number of urea groups is 1. The van der Waals surface area contributed by atoms with Gasteiger partial charge in [0.1, 0.15) is 60.1 Å². The largest absolute Gasteiger partial charge is 0.508 e. The lowest BCUT2D eigenvalue weighted by molar-refractivity contribution is -0.139. The first-order valence-electron chi connectivity index (χ1n) is 38.4. The molecule has 4 rings (SSSR count). The minimum absolute atomic E-state index is 0.0747. The molecule has 2 aliphatic rings. The molecule has 0 saturated carbocycles. The lowest BCUT2D eigenvalue weighted by Gasteiger charge is -2.28. The molecule has 0 aliphatic carbocycles. The summed E-state index contributed by atoms with van der Waals surface area (Å²) in [6.45, 7) is 3.17. The number of hydrogen-bond acceptors (Lipinski definition) is 23. The van der Waals surface area contributed by atoms with Gasteiger partial charge in [0.15, 0.2) is 0 Å². The van der Waals surface area contributed by atoms with Crippen LogP contribution in [0, 0.1) is 5.92 Å². The molecule has 43 heteroatoms. The number of aliphatic hydroxyl groups excluding tert-OH is 1. The smallest absolute Gasteiger partial charge is 0.315 e. The van der Waals surface area contributed by atoms with Crippen LogP contribution in [0.1, 0.15) is 142 Å². The van der Waals surface area contributed by atoms with Crippen molar-refractivity contribution in [1.82, 2.24) is 85.1 Å². The molecule has 13 atom stereocenters. The number of primary amides is 3. The number of hydrogen-bond donors (Lipinski definition) is 23. The van der Waals surface area contributed by atoms with E-state index in [1.165, 1.54) is 31.2 Å². The summed E-state index contributed by atoms with van der Waals surface area (Å²) in [7, 11) is 0. The topological polar surface area (TPSA) is 682 Å². The number of unbranched alkanes of at least 4 members (excludes halogenated alkanes) is 3. The number of thioether (sulfide) groups is 1. The highest BCUT2D eigenvalue weighted by Gasteiger charge is 2.43. The number of aliphatic carboxylic acids is 1. The van der Waals surface area contributed by atoms with E-state index in [-0.39, 0.29) is 67.1 Å². The van der Waals surface area contributed by atoms with Crippen LogP contribution in [0.15, 0.2) is 54.6 Å². The number of carboxylic acids is 1. The summed E-state index contributed by atoms with van der Waals surface area (Å²) in [4.78, 5) is 250. The maximum atomic E-state index is 14.8. The van der Waals surface area contributed by atoms with Crippen LogP contribution in [0.5, 0.6) is 5.75 Å². The van der Waals surface area contributed by atoms with E-state index in [1.54, 1.807) is 55.9 Å². The van der Waals surface area contributed by atoms with E-state index in [0.29, 0.717) is 62.7 Å². The first kappa shape index (κ1) is 97.6. The molecule has 2 aliphatic heterocycles. The third kappa shape index (κ3) is 38.0. The number of fused-ring (bicyclic) bond motifs is 1. The molecule has 0 spiro atoms. The number of phenols is 1. The molecule has 2 fully saturated rings. The monoisotopic (exact) mass is 1660 g/mol. The summed E-state index contributed by atoms with van der Waals surface area (Å²) in [5.41, 5.74) is 22.7. The lowest BCUT2D eigenvalue weighted by atomic mass is 9.99. The predicted molar refractivity (Wildman–Crippen MR) is 420 cm³/mol. The van der Waals surface area contributed by atoms with Crippen molar-refractivity contribution in [3.05, 3.63) is 65.7 Å². The molecule has 0 bridgehead atoms. The first-order chi connectivity index (χ1) is 55.4. The van der Waals surface area contributed by atoms with Crippen molar-refractivity contribution >= 4 is 124 Å². The summed E-state index contributed by atoms with van der Waals surface area (Å²) >= 11 is 1.79. The standard InChI is InChI=1S/C74H112N20O22S/c1-39(2)30-49(69(111)89-51(32-43-20-22-44(97)23-21-43)71(113)90-50(31-42-14-6-5-7-15-42)70(112)86-47(24-26-55(76)98)67(109)83-35-58(101)80-36-60(103)85-45(65(78)107)16-10-12-28-75)88-72(114)52(33-56(77)99)91-68(110)48(25-27-62(105)106)87-73(115)63(40(3)95)93-61(104)37-81-59(102)34-82-66(108)46(84-41(4)96)17-11-13-29-79-57(100)19-9-8-18-54-64-53(38-117-54)92-74(116)94-64/h5-7,14-15,20-23,39-40,45-54,63-64,95,97H,8-13,16-19,24-38,75H2,1-4H3,(H2,76,98)(H2,77,99)(H2,78,107)(H,79,100)(H,80,101)(H,81,102)(H,82,108)(H,83,109)(H,84,96)(H,85,103)(H,86,112)(H,87,115)(H,88,114)(H,89,111)(H,90,113)(H,91,110)(H,93,104)(H,105,106)(H2,92,94,116)/t40-,45+,46+,47+,48+,49+,50+,51+,52+,53+,54+,63+,64+/m1/s1. The van der Waals surface area contributed by atoms with Crippen molar-refractivity contribution < 1.29 is 106 Å². The average Bonchev–Trinajstić information content (AvgIpc) is 1.68. The molecule has 0 aromatic heterocycles. The van der Waals surface area contributed by atoms with E-state index < -0.39 is 225 Å². The highest BCUT2D eigenvalue weighted by atomic mass is 32.2. The molecular formula is C74H112N20O22S. The van der Waals surface area contributed by atoms with Crippen LogP contribution in [-0.4, -0.2) is 251 Å². The molecule has 2 aromatic carbocycles. The van der Waals surface area contributed by atoms with E-state index in [2.05, 4.69) is 85.1 Å². The zero-order valence-electron chi connectivity index (χ0n) is 65.8. The Morgan fingerprint density at radius 1 is 0.479 bits per heavy atom. The lowest BCUT2D eigenvalue weighted by Crippen LogP contribution is -2.61. The Bertz CT molecular complexity index is 3790. The Morgan fingerprint density at radius 3 is 1.53 bits per heavy atom. The molecule has 19 amide bonds. The number of carbonyl (C=O) groups is 19. The van der Waals surface area contributed by atoms with Gasteiger partial charge in [-0.1, -0.05) is 62.7 Å². The summed E-state index contributed by atoms with van der Waals surface area (Å²) in [5.74, 6) is -17.4. The van der Waals surface area contributed by atoms with Crippen LogP contribution in [-0.2, 0) is 99.1 Å². The number of nitrogens with two attached hydrogens (primary N) is 4. The zero-order chi connectivity index (χ0) is 86.8. The van der Waals surface area contributed by atoms with Crippen molar-refractivity contribution in [2.24, 2.45) is 28.9 Å². The predicted octanol–water partition coefficient (Wildman–Crippen LogP) is -6.92. The number of phenolic OH excluding ortho intramolecular Hbond substituents is 1. The Labute approximate surface area is 679 Å². The maximum absolute atomic E-state index is 14.8. The normalized spacial score (nSPS) is 16.4. The van der Waals surface area contributed by atoms with E-state index in [4.69, 9.17) is 22.9 Å². The zero-order valence-corrected chi connectivity index (χ0v) is 66.6. The number of aromatic hydroxyl groups is 1. The highest BCUT2D eigenvalue weighted by Crippen LogP contribution is 2.33. The Morgan fingerprint density at radius 2 is 0.974 bits per heavy atom. The number of benzene rings is 2. The van der Waals surface area contributed by atoms with E-state index in [1.807, 2.05) is 0 Å². The SMILES string of the molecule is CC(=O)N[C@@H](CCCCNC(=O)CCCC[C@@H]1SC[C@@H]2NC(=O)N[C@@H]21)C(=O)NCC(=O)NCC(=O)N[C@H](C(=O)N[C@@H](CCC(=O)O)C(=O)N[C@@H](CC(N)=O)C(=O)N[C@@H](CC(C)C)C(=O)N[C@@H](Cc1ccc(O)cc1)C(=O)N[C@@H](Cc1ccccc1)C(=O)N[C@@H](CCC(N)=O)C(=O)NCC(=O)NCC(=O)N[C@@H](CCCCN)C(N)=O)[C@@H](C)O. The number of aliphatic hydroxyl groups is 1. The number of carboxylic acid groups (broad SMARTS) is 1. The Kier molecular flexibility index (Phi) is 42.8. The van der Waals surface area contributed by atoms with Gasteiger partial charge < -0.3 is 123 Å².